The van der Waals surface area contributed by atoms with Crippen molar-refractivity contribution < 1.29 is 9.13 Å². The minimum absolute atomic E-state index is 0.00593. The SMILES string of the molecule is CCOC(C(NC)c1ccc(F)c(C)c1)C(C)(C)C. The smallest absolute Gasteiger partial charge is 0.126 e. The second kappa shape index (κ2) is 6.49. The standard InChI is InChI=1S/C16H26FNO/c1-7-19-15(16(3,4)5)14(18-6)12-8-9-13(17)11(2)10-12/h8-10,14-15,18H,7H2,1-6H3. The van der Waals surface area contributed by atoms with Crippen LogP contribution in [0.15, 0.2) is 18.2 Å². The number of rotatable bonds is 5. The molecule has 0 spiro atoms. The third kappa shape index (κ3) is 4.02. The van der Waals surface area contributed by atoms with Crippen LogP contribution in [-0.4, -0.2) is 19.8 Å². The van der Waals surface area contributed by atoms with Gasteiger partial charge >= 0.3 is 0 Å². The Balaban J connectivity index is 3.12. The Morgan fingerprint density at radius 2 is 1.95 bits per heavy atom. The molecular formula is C16H26FNO. The van der Waals surface area contributed by atoms with E-state index in [1.54, 1.807) is 6.92 Å². The fourth-order valence-electron chi connectivity index (χ4n) is 2.38. The van der Waals surface area contributed by atoms with Gasteiger partial charge in [-0.2, -0.15) is 0 Å². The van der Waals surface area contributed by atoms with Gasteiger partial charge in [0, 0.05) is 6.61 Å². The molecule has 2 unspecified atom stereocenters. The summed E-state index contributed by atoms with van der Waals surface area (Å²) in [6, 6.07) is 5.31. The first-order valence-corrected chi connectivity index (χ1v) is 6.86. The van der Waals surface area contributed by atoms with Crippen LogP contribution in [0.4, 0.5) is 4.39 Å². The molecule has 1 aromatic rings. The van der Waals surface area contributed by atoms with E-state index in [2.05, 4.69) is 26.1 Å². The van der Waals surface area contributed by atoms with Gasteiger partial charge in [0.15, 0.2) is 0 Å². The monoisotopic (exact) mass is 267 g/mol. The highest BCUT2D eigenvalue weighted by molar-refractivity contribution is 5.27. The summed E-state index contributed by atoms with van der Waals surface area (Å²) >= 11 is 0. The molecular weight excluding hydrogens is 241 g/mol. The van der Waals surface area contributed by atoms with Gasteiger partial charge in [-0.1, -0.05) is 32.9 Å². The van der Waals surface area contributed by atoms with Gasteiger partial charge < -0.3 is 10.1 Å². The van der Waals surface area contributed by atoms with Crippen molar-refractivity contribution in [1.29, 1.82) is 0 Å². The molecule has 0 aliphatic carbocycles. The Morgan fingerprint density at radius 3 is 2.37 bits per heavy atom. The molecule has 3 heteroatoms. The molecule has 2 nitrogen and oxygen atoms in total. The van der Waals surface area contributed by atoms with Crippen LogP contribution in [0.1, 0.15) is 44.9 Å². The number of ether oxygens (including phenoxy) is 1. The lowest BCUT2D eigenvalue weighted by Gasteiger charge is -2.37. The van der Waals surface area contributed by atoms with Crippen LogP contribution in [0.25, 0.3) is 0 Å². The number of halogens is 1. The van der Waals surface area contributed by atoms with E-state index in [0.717, 1.165) is 5.56 Å². The Bertz CT molecular complexity index is 412. The lowest BCUT2D eigenvalue weighted by Crippen LogP contribution is -2.41. The largest absolute Gasteiger partial charge is 0.376 e. The van der Waals surface area contributed by atoms with Crippen molar-refractivity contribution in [1.82, 2.24) is 5.32 Å². The van der Waals surface area contributed by atoms with Crippen LogP contribution in [0.3, 0.4) is 0 Å². The third-order valence-electron chi connectivity index (χ3n) is 3.35. The van der Waals surface area contributed by atoms with E-state index in [9.17, 15) is 4.39 Å². The highest BCUT2D eigenvalue weighted by atomic mass is 19.1. The summed E-state index contributed by atoms with van der Waals surface area (Å²) in [6.45, 7) is 10.9. The molecule has 19 heavy (non-hydrogen) atoms. The lowest BCUT2D eigenvalue weighted by atomic mass is 9.81. The molecule has 1 aromatic carbocycles. The van der Waals surface area contributed by atoms with E-state index in [0.29, 0.717) is 12.2 Å². The zero-order valence-corrected chi connectivity index (χ0v) is 12.9. The van der Waals surface area contributed by atoms with Crippen LogP contribution in [0.2, 0.25) is 0 Å². The lowest BCUT2D eigenvalue weighted by molar-refractivity contribution is -0.0351. The second-order valence-corrected chi connectivity index (χ2v) is 6.02. The van der Waals surface area contributed by atoms with Gasteiger partial charge in [0.1, 0.15) is 5.82 Å². The first-order valence-electron chi connectivity index (χ1n) is 6.86. The number of aryl methyl sites for hydroxylation is 1. The van der Waals surface area contributed by atoms with Crippen molar-refractivity contribution in [2.45, 2.75) is 46.8 Å². The second-order valence-electron chi connectivity index (χ2n) is 6.02. The zero-order chi connectivity index (χ0) is 14.6. The summed E-state index contributed by atoms with van der Waals surface area (Å²) < 4.78 is 19.3. The summed E-state index contributed by atoms with van der Waals surface area (Å²) in [4.78, 5) is 0. The van der Waals surface area contributed by atoms with Gasteiger partial charge in [0.05, 0.1) is 12.1 Å². The van der Waals surface area contributed by atoms with Crippen molar-refractivity contribution >= 4 is 0 Å². The number of hydrogen-bond acceptors (Lipinski definition) is 2. The van der Waals surface area contributed by atoms with Crippen LogP contribution >= 0.6 is 0 Å². The molecule has 0 aliphatic heterocycles. The van der Waals surface area contributed by atoms with E-state index in [1.807, 2.05) is 26.1 Å². The maximum atomic E-state index is 13.4. The van der Waals surface area contributed by atoms with Gasteiger partial charge in [0.25, 0.3) is 0 Å². The van der Waals surface area contributed by atoms with E-state index >= 15 is 0 Å². The van der Waals surface area contributed by atoms with E-state index in [1.165, 1.54) is 6.07 Å². The quantitative estimate of drug-likeness (QED) is 0.875. The summed E-state index contributed by atoms with van der Waals surface area (Å²) in [5, 5.41) is 3.31. The predicted octanol–water partition coefficient (Wildman–Crippen LogP) is 3.85. The minimum Gasteiger partial charge on any atom is -0.376 e. The molecule has 0 saturated carbocycles. The summed E-state index contributed by atoms with van der Waals surface area (Å²) in [6.07, 6.45) is 0.0346. The molecule has 0 bridgehead atoms. The molecule has 1 rings (SSSR count). The molecule has 0 amide bonds. The fraction of sp³-hybridized carbons (Fsp3) is 0.625. The minimum atomic E-state index is -0.165. The summed E-state index contributed by atoms with van der Waals surface area (Å²) in [5.41, 5.74) is 1.74. The van der Waals surface area contributed by atoms with E-state index < -0.39 is 0 Å². The molecule has 0 aromatic heterocycles. The van der Waals surface area contributed by atoms with Crippen molar-refractivity contribution in [3.63, 3.8) is 0 Å². The highest BCUT2D eigenvalue weighted by Gasteiger charge is 2.33. The predicted molar refractivity (Wildman–Crippen MR) is 77.8 cm³/mol. The number of nitrogens with one attached hydrogen (secondary N) is 1. The van der Waals surface area contributed by atoms with Crippen molar-refractivity contribution in [3.8, 4) is 0 Å². The molecule has 1 N–H and O–H groups in total. The topological polar surface area (TPSA) is 21.3 Å². The average Bonchev–Trinajstić information content (AvgIpc) is 2.32. The Kier molecular flexibility index (Phi) is 5.50. The number of hydrogen-bond donors (Lipinski definition) is 1. The molecule has 0 aliphatic rings. The average molecular weight is 267 g/mol. The van der Waals surface area contributed by atoms with Gasteiger partial charge in [-0.3, -0.25) is 0 Å². The van der Waals surface area contributed by atoms with Gasteiger partial charge in [-0.05, 0) is 43.5 Å². The number of benzene rings is 1. The van der Waals surface area contributed by atoms with E-state index in [-0.39, 0.29) is 23.4 Å². The van der Waals surface area contributed by atoms with Gasteiger partial charge in [0.2, 0.25) is 0 Å². The molecule has 0 fully saturated rings. The van der Waals surface area contributed by atoms with Crippen molar-refractivity contribution in [2.24, 2.45) is 5.41 Å². The first kappa shape index (κ1) is 16.1. The molecule has 2 atom stereocenters. The van der Waals surface area contributed by atoms with Crippen molar-refractivity contribution in [3.05, 3.63) is 35.1 Å². The maximum absolute atomic E-state index is 13.4. The summed E-state index contributed by atoms with van der Waals surface area (Å²) in [5.74, 6) is -0.165. The summed E-state index contributed by atoms with van der Waals surface area (Å²) in [7, 11) is 1.92. The molecule has 0 radical (unpaired) electrons. The highest BCUT2D eigenvalue weighted by Crippen LogP contribution is 2.33. The Morgan fingerprint density at radius 1 is 1.32 bits per heavy atom. The molecule has 0 heterocycles. The van der Waals surface area contributed by atoms with E-state index in [4.69, 9.17) is 4.74 Å². The fourth-order valence-corrected chi connectivity index (χ4v) is 2.38. The zero-order valence-electron chi connectivity index (χ0n) is 12.9. The number of likely N-dealkylation sites (N-methyl/N-ethyl adjacent to an activating group) is 1. The van der Waals surface area contributed by atoms with Crippen LogP contribution < -0.4 is 5.32 Å². The first-order chi connectivity index (χ1) is 8.81. The van der Waals surface area contributed by atoms with Gasteiger partial charge in [-0.25, -0.2) is 4.39 Å². The molecule has 108 valence electrons. The van der Waals surface area contributed by atoms with Crippen LogP contribution in [0, 0.1) is 18.2 Å². The third-order valence-corrected chi connectivity index (χ3v) is 3.35. The Hall–Kier alpha value is -0.930. The van der Waals surface area contributed by atoms with Crippen LogP contribution in [-0.2, 0) is 4.74 Å². The maximum Gasteiger partial charge on any atom is 0.126 e. The van der Waals surface area contributed by atoms with Gasteiger partial charge in [-0.15, -0.1) is 0 Å². The normalized spacial score (nSPS) is 15.3. The Labute approximate surface area is 116 Å². The van der Waals surface area contributed by atoms with Crippen LogP contribution in [0.5, 0.6) is 0 Å². The van der Waals surface area contributed by atoms with Crippen molar-refractivity contribution in [2.75, 3.05) is 13.7 Å². The molecule has 0 saturated heterocycles.